The molecular formula is C14H20N2. The van der Waals surface area contributed by atoms with E-state index in [4.69, 9.17) is 0 Å². The molecule has 2 nitrogen and oxygen atoms in total. The fraction of sp³-hybridized carbons (Fsp3) is 0.500. The van der Waals surface area contributed by atoms with Crippen LogP contribution in [0.5, 0.6) is 0 Å². The molecule has 0 radical (unpaired) electrons. The van der Waals surface area contributed by atoms with Crippen LogP contribution < -0.4 is 0 Å². The number of hydrogen-bond donors (Lipinski definition) is 0. The topological polar surface area (TPSA) is 15.6 Å². The minimum absolute atomic E-state index is 1.15. The number of benzene rings is 1. The van der Waals surface area contributed by atoms with Gasteiger partial charge in [-0.1, -0.05) is 29.8 Å². The molecule has 0 aromatic heterocycles. The Labute approximate surface area is 98.0 Å². The Morgan fingerprint density at radius 3 is 2.25 bits per heavy atom. The zero-order valence-corrected chi connectivity index (χ0v) is 10.2. The predicted octanol–water partition coefficient (Wildman–Crippen LogP) is 2.86. The molecule has 86 valence electrons. The second kappa shape index (κ2) is 5.15. The van der Waals surface area contributed by atoms with Crippen LogP contribution in [0, 0.1) is 6.92 Å². The monoisotopic (exact) mass is 216 g/mol. The second-order valence-electron chi connectivity index (χ2n) is 4.46. The molecule has 1 aromatic rings. The second-order valence-corrected chi connectivity index (χ2v) is 4.46. The van der Waals surface area contributed by atoms with Crippen LogP contribution in [0.25, 0.3) is 0 Å². The van der Waals surface area contributed by atoms with Crippen molar-refractivity contribution in [2.24, 2.45) is 4.99 Å². The summed E-state index contributed by atoms with van der Waals surface area (Å²) < 4.78 is 0. The Morgan fingerprint density at radius 2 is 1.69 bits per heavy atom. The van der Waals surface area contributed by atoms with E-state index in [2.05, 4.69) is 41.1 Å². The summed E-state index contributed by atoms with van der Waals surface area (Å²) in [6.45, 7) is 4.43. The maximum Gasteiger partial charge on any atom is 0.130 e. The standard InChI is InChI=1S/C14H20N2/c1-12-6-8-13(9-7-12)14(15-2)16-10-4-3-5-11-16/h6-9H,3-5,10-11H2,1-2H3. The Bertz CT molecular complexity index is 359. The quantitative estimate of drug-likeness (QED) is 0.520. The number of amidine groups is 1. The number of piperidine rings is 1. The van der Waals surface area contributed by atoms with Crippen LogP contribution in [0.15, 0.2) is 29.3 Å². The molecular weight excluding hydrogens is 196 g/mol. The fourth-order valence-corrected chi connectivity index (χ4v) is 2.26. The number of aliphatic imine (C=N–C) groups is 1. The van der Waals surface area contributed by atoms with E-state index in [1.807, 2.05) is 7.05 Å². The number of hydrogen-bond acceptors (Lipinski definition) is 1. The Morgan fingerprint density at radius 1 is 1.06 bits per heavy atom. The lowest BCUT2D eigenvalue weighted by molar-refractivity contribution is 0.342. The van der Waals surface area contributed by atoms with Gasteiger partial charge in [-0.15, -0.1) is 0 Å². The van der Waals surface area contributed by atoms with E-state index < -0.39 is 0 Å². The lowest BCUT2D eigenvalue weighted by Crippen LogP contribution is -2.36. The molecule has 0 spiro atoms. The molecule has 0 unspecified atom stereocenters. The number of likely N-dealkylation sites (tertiary alicyclic amines) is 1. The van der Waals surface area contributed by atoms with E-state index in [9.17, 15) is 0 Å². The van der Waals surface area contributed by atoms with Crippen LogP contribution in [0.3, 0.4) is 0 Å². The SMILES string of the molecule is CN=C(c1ccc(C)cc1)N1CCCCC1. The summed E-state index contributed by atoms with van der Waals surface area (Å²) in [5, 5.41) is 0. The van der Waals surface area contributed by atoms with Crippen molar-refractivity contribution in [1.29, 1.82) is 0 Å². The van der Waals surface area contributed by atoms with Gasteiger partial charge in [0.15, 0.2) is 0 Å². The summed E-state index contributed by atoms with van der Waals surface area (Å²) >= 11 is 0. The van der Waals surface area contributed by atoms with Crippen LogP contribution >= 0.6 is 0 Å². The van der Waals surface area contributed by atoms with E-state index in [0.717, 1.165) is 18.9 Å². The van der Waals surface area contributed by atoms with Gasteiger partial charge in [-0.25, -0.2) is 0 Å². The highest BCUT2D eigenvalue weighted by atomic mass is 15.2. The number of aryl methyl sites for hydroxylation is 1. The third-order valence-electron chi connectivity index (χ3n) is 3.18. The van der Waals surface area contributed by atoms with Gasteiger partial charge in [0, 0.05) is 25.7 Å². The van der Waals surface area contributed by atoms with E-state index >= 15 is 0 Å². The van der Waals surface area contributed by atoms with Gasteiger partial charge < -0.3 is 4.90 Å². The van der Waals surface area contributed by atoms with Gasteiger partial charge in [0.2, 0.25) is 0 Å². The van der Waals surface area contributed by atoms with Crippen molar-refractivity contribution in [3.8, 4) is 0 Å². The van der Waals surface area contributed by atoms with Crippen LogP contribution in [0.1, 0.15) is 30.4 Å². The lowest BCUT2D eigenvalue weighted by Gasteiger charge is -2.29. The van der Waals surface area contributed by atoms with Crippen molar-refractivity contribution < 1.29 is 0 Å². The summed E-state index contributed by atoms with van der Waals surface area (Å²) in [5.41, 5.74) is 2.55. The zero-order valence-electron chi connectivity index (χ0n) is 10.2. The molecule has 0 amide bonds. The molecule has 0 bridgehead atoms. The first-order valence-corrected chi connectivity index (χ1v) is 6.10. The van der Waals surface area contributed by atoms with Crippen molar-refractivity contribution in [2.45, 2.75) is 26.2 Å². The maximum atomic E-state index is 4.45. The number of nitrogens with zero attached hydrogens (tertiary/aromatic N) is 2. The summed E-state index contributed by atoms with van der Waals surface area (Å²) in [7, 11) is 1.89. The van der Waals surface area contributed by atoms with E-state index in [0.29, 0.717) is 0 Å². The van der Waals surface area contributed by atoms with Gasteiger partial charge >= 0.3 is 0 Å². The van der Waals surface area contributed by atoms with Crippen LogP contribution in [0.2, 0.25) is 0 Å². The van der Waals surface area contributed by atoms with Crippen molar-refractivity contribution >= 4 is 5.84 Å². The molecule has 2 heteroatoms. The number of rotatable bonds is 1. The molecule has 1 fully saturated rings. The lowest BCUT2D eigenvalue weighted by atomic mass is 10.1. The van der Waals surface area contributed by atoms with Crippen molar-refractivity contribution in [2.75, 3.05) is 20.1 Å². The molecule has 1 aromatic carbocycles. The fourth-order valence-electron chi connectivity index (χ4n) is 2.26. The molecule has 0 N–H and O–H groups in total. The molecule has 1 saturated heterocycles. The highest BCUT2D eigenvalue weighted by Crippen LogP contribution is 2.14. The van der Waals surface area contributed by atoms with E-state index in [1.165, 1.54) is 30.4 Å². The van der Waals surface area contributed by atoms with E-state index in [-0.39, 0.29) is 0 Å². The van der Waals surface area contributed by atoms with Crippen molar-refractivity contribution in [3.05, 3.63) is 35.4 Å². The molecule has 0 aliphatic carbocycles. The third kappa shape index (κ3) is 2.43. The highest BCUT2D eigenvalue weighted by molar-refractivity contribution is 5.98. The Kier molecular flexibility index (Phi) is 3.60. The van der Waals surface area contributed by atoms with Gasteiger partial charge in [-0.05, 0) is 26.2 Å². The largest absolute Gasteiger partial charge is 0.356 e. The van der Waals surface area contributed by atoms with Crippen LogP contribution in [-0.2, 0) is 0 Å². The van der Waals surface area contributed by atoms with Gasteiger partial charge in [-0.3, -0.25) is 4.99 Å². The van der Waals surface area contributed by atoms with Crippen LogP contribution in [-0.4, -0.2) is 30.9 Å². The first kappa shape index (κ1) is 11.2. The molecule has 1 heterocycles. The van der Waals surface area contributed by atoms with Crippen LogP contribution in [0.4, 0.5) is 0 Å². The summed E-state index contributed by atoms with van der Waals surface area (Å²) in [4.78, 5) is 6.87. The molecule has 1 aliphatic heterocycles. The average molecular weight is 216 g/mol. The molecule has 1 aliphatic rings. The molecule has 0 atom stereocenters. The molecule has 2 rings (SSSR count). The average Bonchev–Trinajstić information content (AvgIpc) is 2.34. The summed E-state index contributed by atoms with van der Waals surface area (Å²) in [6, 6.07) is 8.66. The van der Waals surface area contributed by atoms with Gasteiger partial charge in [-0.2, -0.15) is 0 Å². The summed E-state index contributed by atoms with van der Waals surface area (Å²) in [6.07, 6.45) is 3.96. The third-order valence-corrected chi connectivity index (χ3v) is 3.18. The minimum Gasteiger partial charge on any atom is -0.356 e. The smallest absolute Gasteiger partial charge is 0.130 e. The maximum absolute atomic E-state index is 4.45. The van der Waals surface area contributed by atoms with Gasteiger partial charge in [0.05, 0.1) is 0 Å². The highest BCUT2D eigenvalue weighted by Gasteiger charge is 2.15. The predicted molar refractivity (Wildman–Crippen MR) is 69.1 cm³/mol. The minimum atomic E-state index is 1.15. The normalized spacial score (nSPS) is 17.6. The van der Waals surface area contributed by atoms with Gasteiger partial charge in [0.25, 0.3) is 0 Å². The van der Waals surface area contributed by atoms with Crippen molar-refractivity contribution in [1.82, 2.24) is 4.90 Å². The first-order valence-electron chi connectivity index (χ1n) is 6.10. The first-order chi connectivity index (χ1) is 7.81. The van der Waals surface area contributed by atoms with E-state index in [1.54, 1.807) is 0 Å². The Hall–Kier alpha value is -1.31. The molecule has 16 heavy (non-hydrogen) atoms. The van der Waals surface area contributed by atoms with Crippen molar-refractivity contribution in [3.63, 3.8) is 0 Å². The zero-order chi connectivity index (χ0) is 11.4. The molecule has 0 saturated carbocycles. The van der Waals surface area contributed by atoms with Gasteiger partial charge in [0.1, 0.15) is 5.84 Å². The summed E-state index contributed by atoms with van der Waals surface area (Å²) in [5.74, 6) is 1.15. The Balaban J connectivity index is 2.18.